The summed E-state index contributed by atoms with van der Waals surface area (Å²) in [6.07, 6.45) is 0.431. The molecule has 1 fully saturated rings. The summed E-state index contributed by atoms with van der Waals surface area (Å²) in [5.41, 5.74) is 0.929. The van der Waals surface area contributed by atoms with Crippen LogP contribution in [0.1, 0.15) is 24.9 Å². The molecule has 0 radical (unpaired) electrons. The van der Waals surface area contributed by atoms with Gasteiger partial charge in [-0.1, -0.05) is 6.07 Å². The number of hydrogen-bond acceptors (Lipinski definition) is 3. The lowest BCUT2D eigenvalue weighted by atomic mass is 10.1. The number of rotatable bonds is 5. The highest BCUT2D eigenvalue weighted by atomic mass is 79.9. The zero-order chi connectivity index (χ0) is 14.9. The van der Waals surface area contributed by atoms with Gasteiger partial charge in [0, 0.05) is 0 Å². The Bertz CT molecular complexity index is 546. The van der Waals surface area contributed by atoms with E-state index < -0.39 is 17.8 Å². The number of carbonyl (C=O) groups excluding carboxylic acids is 1. The maximum atomic E-state index is 11.9. The first-order chi connectivity index (χ1) is 9.43. The number of aliphatic carboxylic acids is 1. The molecule has 0 heterocycles. The van der Waals surface area contributed by atoms with Gasteiger partial charge in [0.15, 0.2) is 0 Å². The van der Waals surface area contributed by atoms with Gasteiger partial charge in [-0.05, 0) is 47.0 Å². The van der Waals surface area contributed by atoms with Crippen LogP contribution >= 0.6 is 15.9 Å². The number of carboxylic acid groups (broad SMARTS) is 1. The van der Waals surface area contributed by atoms with Gasteiger partial charge in [-0.25, -0.2) is 0 Å². The molecule has 3 atom stereocenters. The minimum atomic E-state index is -0.898. The molecule has 2 rings (SSSR count). The van der Waals surface area contributed by atoms with Crippen LogP contribution < -0.4 is 10.1 Å². The summed E-state index contributed by atoms with van der Waals surface area (Å²) in [6, 6.07) is 5.39. The van der Waals surface area contributed by atoms with E-state index in [1.807, 2.05) is 25.1 Å². The predicted octanol–water partition coefficient (Wildman–Crippen LogP) is 2.36. The number of hydrogen-bond donors (Lipinski definition) is 2. The molecule has 0 aromatic heterocycles. The third-order valence-corrected chi connectivity index (χ3v) is 4.10. The van der Waals surface area contributed by atoms with Crippen LogP contribution in [0.15, 0.2) is 22.7 Å². The Hall–Kier alpha value is -1.56. The van der Waals surface area contributed by atoms with E-state index in [2.05, 4.69) is 21.2 Å². The van der Waals surface area contributed by atoms with E-state index in [1.165, 1.54) is 0 Å². The second kappa shape index (κ2) is 5.83. The van der Waals surface area contributed by atoms with Gasteiger partial charge >= 0.3 is 5.97 Å². The van der Waals surface area contributed by atoms with Crippen LogP contribution in [-0.2, 0) is 9.59 Å². The molecule has 0 bridgehead atoms. The third kappa shape index (κ3) is 3.12. The lowest BCUT2D eigenvalue weighted by molar-refractivity contribution is -0.140. The Morgan fingerprint density at radius 3 is 2.65 bits per heavy atom. The Kier molecular flexibility index (Phi) is 4.32. The van der Waals surface area contributed by atoms with Gasteiger partial charge < -0.3 is 15.2 Å². The lowest BCUT2D eigenvalue weighted by Crippen LogP contribution is -2.29. The first kappa shape index (κ1) is 14.8. The molecular formula is C14H16BrNO4. The van der Waals surface area contributed by atoms with Gasteiger partial charge in [-0.2, -0.15) is 0 Å². The van der Waals surface area contributed by atoms with E-state index in [-0.39, 0.29) is 11.9 Å². The van der Waals surface area contributed by atoms with Crippen molar-refractivity contribution in [3.05, 3.63) is 28.2 Å². The molecule has 5 nitrogen and oxygen atoms in total. The number of methoxy groups -OCH3 is 1. The van der Waals surface area contributed by atoms with Gasteiger partial charge in [0.25, 0.3) is 0 Å². The van der Waals surface area contributed by atoms with E-state index in [9.17, 15) is 9.59 Å². The zero-order valence-electron chi connectivity index (χ0n) is 11.2. The summed E-state index contributed by atoms with van der Waals surface area (Å²) in [5.74, 6) is -1.29. The van der Waals surface area contributed by atoms with Crippen molar-refractivity contribution in [1.82, 2.24) is 5.32 Å². The molecule has 2 N–H and O–H groups in total. The highest BCUT2D eigenvalue weighted by Crippen LogP contribution is 2.39. The van der Waals surface area contributed by atoms with Gasteiger partial charge in [0.2, 0.25) is 5.91 Å². The summed E-state index contributed by atoms with van der Waals surface area (Å²) < 4.78 is 5.96. The monoisotopic (exact) mass is 341 g/mol. The first-order valence-corrected chi connectivity index (χ1v) is 7.10. The summed E-state index contributed by atoms with van der Waals surface area (Å²) >= 11 is 3.40. The minimum absolute atomic E-state index is 0.181. The second-order valence-electron chi connectivity index (χ2n) is 4.91. The number of amides is 1. The van der Waals surface area contributed by atoms with Crippen LogP contribution in [-0.4, -0.2) is 24.1 Å². The molecule has 1 aliphatic rings. The SMILES string of the molecule is COc1ccc([C@H](C)NC(=O)[C@@H]2C[C@H]2C(=O)O)cc1Br. The highest BCUT2D eigenvalue weighted by molar-refractivity contribution is 9.10. The quantitative estimate of drug-likeness (QED) is 0.861. The van der Waals surface area contributed by atoms with E-state index in [1.54, 1.807) is 7.11 Å². The lowest BCUT2D eigenvalue weighted by Gasteiger charge is -2.15. The van der Waals surface area contributed by atoms with Crippen LogP contribution in [0.4, 0.5) is 0 Å². The first-order valence-electron chi connectivity index (χ1n) is 6.30. The average Bonchev–Trinajstić information content (AvgIpc) is 3.18. The van der Waals surface area contributed by atoms with Gasteiger partial charge in [-0.15, -0.1) is 0 Å². The predicted molar refractivity (Wildman–Crippen MR) is 76.5 cm³/mol. The van der Waals surface area contributed by atoms with Crippen molar-refractivity contribution >= 4 is 27.8 Å². The topological polar surface area (TPSA) is 75.6 Å². The van der Waals surface area contributed by atoms with Crippen molar-refractivity contribution in [3.8, 4) is 5.75 Å². The Morgan fingerprint density at radius 2 is 2.15 bits per heavy atom. The van der Waals surface area contributed by atoms with Crippen LogP contribution in [0, 0.1) is 11.8 Å². The van der Waals surface area contributed by atoms with Gasteiger partial charge in [0.05, 0.1) is 29.5 Å². The largest absolute Gasteiger partial charge is 0.496 e. The van der Waals surface area contributed by atoms with Crippen molar-refractivity contribution in [2.75, 3.05) is 7.11 Å². The molecule has 0 spiro atoms. The van der Waals surface area contributed by atoms with Crippen LogP contribution in [0.2, 0.25) is 0 Å². The maximum absolute atomic E-state index is 11.9. The Morgan fingerprint density at radius 1 is 1.45 bits per heavy atom. The van der Waals surface area contributed by atoms with Crippen molar-refractivity contribution in [1.29, 1.82) is 0 Å². The molecule has 1 aromatic rings. The van der Waals surface area contributed by atoms with Crippen molar-refractivity contribution in [3.63, 3.8) is 0 Å². The van der Waals surface area contributed by atoms with Gasteiger partial charge in [0.1, 0.15) is 5.75 Å². The number of carboxylic acids is 1. The van der Waals surface area contributed by atoms with Crippen LogP contribution in [0.3, 0.4) is 0 Å². The standard InChI is InChI=1S/C14H16BrNO4/c1-7(8-3-4-12(20-2)11(15)5-8)16-13(17)9-6-10(9)14(18)19/h3-5,7,9-10H,6H2,1-2H3,(H,16,17)(H,18,19)/t7-,9+,10+/m0/s1. The van der Waals surface area contributed by atoms with E-state index in [0.717, 1.165) is 15.8 Å². The minimum Gasteiger partial charge on any atom is -0.496 e. The summed E-state index contributed by atoms with van der Waals surface area (Å²) in [6.45, 7) is 1.87. The molecule has 0 aliphatic heterocycles. The van der Waals surface area contributed by atoms with Crippen molar-refractivity contribution < 1.29 is 19.4 Å². The fourth-order valence-electron chi connectivity index (χ4n) is 2.11. The summed E-state index contributed by atoms with van der Waals surface area (Å²) in [5, 5.41) is 11.7. The highest BCUT2D eigenvalue weighted by Gasteiger charge is 2.48. The summed E-state index contributed by atoms with van der Waals surface area (Å²) in [4.78, 5) is 22.6. The van der Waals surface area contributed by atoms with E-state index in [4.69, 9.17) is 9.84 Å². The molecule has 6 heteroatoms. The molecule has 1 saturated carbocycles. The van der Waals surface area contributed by atoms with Gasteiger partial charge in [-0.3, -0.25) is 9.59 Å². The molecular weight excluding hydrogens is 326 g/mol. The molecule has 1 aromatic carbocycles. The van der Waals surface area contributed by atoms with Crippen molar-refractivity contribution in [2.45, 2.75) is 19.4 Å². The average molecular weight is 342 g/mol. The van der Waals surface area contributed by atoms with E-state index in [0.29, 0.717) is 6.42 Å². The summed E-state index contributed by atoms with van der Waals surface area (Å²) in [7, 11) is 1.59. The normalized spacial score (nSPS) is 21.9. The Labute approximate surface area is 125 Å². The number of benzene rings is 1. The molecule has 108 valence electrons. The molecule has 1 aliphatic carbocycles. The van der Waals surface area contributed by atoms with E-state index >= 15 is 0 Å². The zero-order valence-corrected chi connectivity index (χ0v) is 12.8. The Balaban J connectivity index is 1.98. The number of halogens is 1. The van der Waals surface area contributed by atoms with Crippen LogP contribution in [0.5, 0.6) is 5.75 Å². The molecule has 20 heavy (non-hydrogen) atoms. The molecule has 0 saturated heterocycles. The molecule has 0 unspecified atom stereocenters. The number of carbonyl (C=O) groups is 2. The second-order valence-corrected chi connectivity index (χ2v) is 5.77. The molecule has 1 amide bonds. The number of ether oxygens (including phenoxy) is 1. The third-order valence-electron chi connectivity index (χ3n) is 3.48. The van der Waals surface area contributed by atoms with Crippen molar-refractivity contribution in [2.24, 2.45) is 11.8 Å². The smallest absolute Gasteiger partial charge is 0.307 e. The fourth-order valence-corrected chi connectivity index (χ4v) is 2.67. The number of nitrogens with one attached hydrogen (secondary N) is 1. The van der Waals surface area contributed by atoms with Crippen LogP contribution in [0.25, 0.3) is 0 Å². The fraction of sp³-hybridized carbons (Fsp3) is 0.429. The maximum Gasteiger partial charge on any atom is 0.307 e.